The number of benzene rings is 2. The maximum atomic E-state index is 12.5. The molecule has 10 heteroatoms. The molecule has 0 fully saturated rings. The van der Waals surface area contributed by atoms with Crippen LogP contribution in [-0.4, -0.2) is 53.0 Å². The summed E-state index contributed by atoms with van der Waals surface area (Å²) >= 11 is 0. The lowest BCUT2D eigenvalue weighted by Crippen LogP contribution is -2.24. The Labute approximate surface area is 176 Å². The van der Waals surface area contributed by atoms with Gasteiger partial charge in [-0.25, -0.2) is 12.7 Å². The van der Waals surface area contributed by atoms with E-state index in [1.54, 1.807) is 24.3 Å². The number of methoxy groups -OCH3 is 1. The summed E-state index contributed by atoms with van der Waals surface area (Å²) in [4.78, 5) is 12.3. The topological polar surface area (TPSA) is 121 Å². The molecule has 0 unspecified atom stereocenters. The quantitative estimate of drug-likeness (QED) is 0.623. The molecule has 2 N–H and O–H groups in total. The van der Waals surface area contributed by atoms with Crippen LogP contribution in [0, 0.1) is 11.3 Å². The van der Waals surface area contributed by atoms with Gasteiger partial charge >= 0.3 is 0 Å². The van der Waals surface area contributed by atoms with E-state index < -0.39 is 15.9 Å². The maximum absolute atomic E-state index is 12.5. The highest BCUT2D eigenvalue weighted by molar-refractivity contribution is 7.89. The van der Waals surface area contributed by atoms with E-state index in [2.05, 4.69) is 10.6 Å². The summed E-state index contributed by atoms with van der Waals surface area (Å²) in [5.74, 6) is 0.292. The van der Waals surface area contributed by atoms with Crippen LogP contribution < -0.4 is 20.1 Å². The number of amides is 1. The van der Waals surface area contributed by atoms with Crippen LogP contribution in [0.15, 0.2) is 41.3 Å². The first-order chi connectivity index (χ1) is 14.2. The largest absolute Gasteiger partial charge is 0.495 e. The number of nitrogens with one attached hydrogen (secondary N) is 2. The van der Waals surface area contributed by atoms with E-state index in [9.17, 15) is 13.2 Å². The zero-order valence-electron chi connectivity index (χ0n) is 17.2. The maximum Gasteiger partial charge on any atom is 0.246 e. The fraction of sp³-hybridized carbons (Fsp3) is 0.300. The van der Waals surface area contributed by atoms with Crippen LogP contribution in [0.4, 0.5) is 11.4 Å². The molecule has 9 nitrogen and oxygen atoms in total. The number of ether oxygens (including phenoxy) is 2. The van der Waals surface area contributed by atoms with Crippen molar-refractivity contribution in [1.29, 1.82) is 5.26 Å². The van der Waals surface area contributed by atoms with Gasteiger partial charge in [0.2, 0.25) is 15.9 Å². The molecular formula is C20H24N4O5S. The minimum Gasteiger partial charge on any atom is -0.495 e. The van der Waals surface area contributed by atoms with Crippen molar-refractivity contribution in [2.24, 2.45) is 0 Å². The van der Waals surface area contributed by atoms with Gasteiger partial charge in [-0.15, -0.1) is 0 Å². The second-order valence-electron chi connectivity index (χ2n) is 6.31. The Bertz CT molecular complexity index is 1060. The summed E-state index contributed by atoms with van der Waals surface area (Å²) < 4.78 is 36.7. The van der Waals surface area contributed by atoms with Crippen LogP contribution in [0.1, 0.15) is 12.5 Å². The zero-order chi connectivity index (χ0) is 22.3. The van der Waals surface area contributed by atoms with Gasteiger partial charge < -0.3 is 20.1 Å². The number of hydrogen-bond acceptors (Lipinski definition) is 7. The molecule has 0 aliphatic heterocycles. The minimum atomic E-state index is -3.76. The van der Waals surface area contributed by atoms with Gasteiger partial charge in [0, 0.05) is 19.8 Å². The lowest BCUT2D eigenvalue weighted by molar-refractivity contribution is -0.114. The highest BCUT2D eigenvalue weighted by atomic mass is 32.2. The average molecular weight is 433 g/mol. The third kappa shape index (κ3) is 5.40. The number of sulfonamides is 1. The number of rotatable bonds is 9. The van der Waals surface area contributed by atoms with E-state index in [-0.39, 0.29) is 17.2 Å². The molecule has 0 radical (unpaired) electrons. The molecule has 2 aromatic rings. The molecule has 2 rings (SSSR count). The van der Waals surface area contributed by atoms with E-state index in [4.69, 9.17) is 14.7 Å². The third-order valence-electron chi connectivity index (χ3n) is 4.05. The summed E-state index contributed by atoms with van der Waals surface area (Å²) in [6, 6.07) is 11.3. The summed E-state index contributed by atoms with van der Waals surface area (Å²) in [7, 11) is 0.438. The Morgan fingerprint density at radius 3 is 2.47 bits per heavy atom. The molecule has 0 atom stereocenters. The molecule has 30 heavy (non-hydrogen) atoms. The van der Waals surface area contributed by atoms with Gasteiger partial charge in [-0.05, 0) is 43.3 Å². The average Bonchev–Trinajstić information content (AvgIpc) is 2.73. The first-order valence-corrected chi connectivity index (χ1v) is 10.5. The minimum absolute atomic E-state index is 0.0545. The lowest BCUT2D eigenvalue weighted by atomic mass is 10.2. The molecule has 160 valence electrons. The smallest absolute Gasteiger partial charge is 0.246 e. The van der Waals surface area contributed by atoms with Crippen molar-refractivity contribution in [3.63, 3.8) is 0 Å². The molecule has 0 saturated carbocycles. The molecule has 0 aliphatic carbocycles. The van der Waals surface area contributed by atoms with Crippen LogP contribution in [-0.2, 0) is 14.8 Å². The highest BCUT2D eigenvalue weighted by Crippen LogP contribution is 2.29. The number of nitriles is 1. The van der Waals surface area contributed by atoms with Crippen LogP contribution >= 0.6 is 0 Å². The van der Waals surface area contributed by atoms with E-state index in [1.165, 1.54) is 33.3 Å². The van der Waals surface area contributed by atoms with E-state index in [1.807, 2.05) is 13.0 Å². The molecule has 1 amide bonds. The first-order valence-electron chi connectivity index (χ1n) is 9.04. The van der Waals surface area contributed by atoms with Gasteiger partial charge in [-0.3, -0.25) is 4.79 Å². The van der Waals surface area contributed by atoms with Crippen LogP contribution in [0.5, 0.6) is 11.5 Å². The van der Waals surface area contributed by atoms with Gasteiger partial charge in [0.1, 0.15) is 16.4 Å². The molecule has 0 saturated heterocycles. The standard InChI is InChI=1S/C20H24N4O5S/c1-5-29-17-8-6-14(12-21)10-16(17)22-13-20(25)23-15-7-9-18(28-4)19(11-15)30(26,27)24(2)3/h6-11,22H,5,13H2,1-4H3,(H,23,25). The molecule has 0 aliphatic rings. The van der Waals surface area contributed by atoms with E-state index in [0.29, 0.717) is 29.3 Å². The zero-order valence-corrected chi connectivity index (χ0v) is 18.0. The van der Waals surface area contributed by atoms with Gasteiger partial charge in [0.25, 0.3) is 0 Å². The molecule has 0 bridgehead atoms. The van der Waals surface area contributed by atoms with Gasteiger partial charge in [-0.1, -0.05) is 0 Å². The molecular weight excluding hydrogens is 408 g/mol. The van der Waals surface area contributed by atoms with Crippen molar-refractivity contribution in [3.05, 3.63) is 42.0 Å². The monoisotopic (exact) mass is 432 g/mol. The van der Waals surface area contributed by atoms with Crippen molar-refractivity contribution < 1.29 is 22.7 Å². The van der Waals surface area contributed by atoms with Crippen molar-refractivity contribution in [3.8, 4) is 17.6 Å². The predicted octanol–water partition coefficient (Wildman–Crippen LogP) is 2.27. The van der Waals surface area contributed by atoms with E-state index in [0.717, 1.165) is 4.31 Å². The normalized spacial score (nSPS) is 10.9. The number of hydrogen-bond donors (Lipinski definition) is 2. The Morgan fingerprint density at radius 2 is 1.87 bits per heavy atom. The second kappa shape index (κ2) is 9.96. The van der Waals surface area contributed by atoms with Crippen molar-refractivity contribution >= 4 is 27.3 Å². The van der Waals surface area contributed by atoms with E-state index >= 15 is 0 Å². The number of anilines is 2. The summed E-state index contributed by atoms with van der Waals surface area (Å²) in [5.41, 5.74) is 1.24. The second-order valence-corrected chi connectivity index (χ2v) is 8.43. The Hall–Kier alpha value is -3.29. The van der Waals surface area contributed by atoms with Gasteiger partial charge in [0.05, 0.1) is 37.6 Å². The summed E-state index contributed by atoms with van der Waals surface area (Å²) in [6.45, 7) is 2.15. The molecule has 0 aromatic heterocycles. The van der Waals surface area contributed by atoms with Gasteiger partial charge in [-0.2, -0.15) is 5.26 Å². The SMILES string of the molecule is CCOc1ccc(C#N)cc1NCC(=O)Nc1ccc(OC)c(S(=O)(=O)N(C)C)c1. The van der Waals surface area contributed by atoms with Crippen LogP contribution in [0.3, 0.4) is 0 Å². The summed E-state index contributed by atoms with van der Waals surface area (Å²) in [5, 5.41) is 14.7. The lowest BCUT2D eigenvalue weighted by Gasteiger charge is -2.16. The highest BCUT2D eigenvalue weighted by Gasteiger charge is 2.23. The van der Waals surface area contributed by atoms with Crippen LogP contribution in [0.2, 0.25) is 0 Å². The first kappa shape index (κ1) is 23.0. The molecule has 0 spiro atoms. The Morgan fingerprint density at radius 1 is 1.17 bits per heavy atom. The van der Waals surface area contributed by atoms with Gasteiger partial charge in [0.15, 0.2) is 0 Å². The summed E-state index contributed by atoms with van der Waals surface area (Å²) in [6.07, 6.45) is 0. The van der Waals surface area contributed by atoms with Crippen LogP contribution in [0.25, 0.3) is 0 Å². The number of carbonyl (C=O) groups is 1. The molecule has 0 heterocycles. The van der Waals surface area contributed by atoms with Crippen molar-refractivity contribution in [1.82, 2.24) is 4.31 Å². The predicted molar refractivity (Wildman–Crippen MR) is 113 cm³/mol. The number of carbonyl (C=O) groups excluding carboxylic acids is 1. The fourth-order valence-corrected chi connectivity index (χ4v) is 3.63. The Balaban J connectivity index is 2.17. The Kier molecular flexibility index (Phi) is 7.63. The third-order valence-corrected chi connectivity index (χ3v) is 5.89. The number of nitrogens with zero attached hydrogens (tertiary/aromatic N) is 2. The van der Waals surface area contributed by atoms with Crippen molar-refractivity contribution in [2.45, 2.75) is 11.8 Å². The fourth-order valence-electron chi connectivity index (χ4n) is 2.55. The molecule has 2 aromatic carbocycles. The van der Waals surface area contributed by atoms with Crippen molar-refractivity contribution in [2.75, 3.05) is 45.0 Å².